The lowest BCUT2D eigenvalue weighted by Gasteiger charge is -2.22. The van der Waals surface area contributed by atoms with Crippen molar-refractivity contribution in [2.45, 2.75) is 110 Å². The van der Waals surface area contributed by atoms with Gasteiger partial charge in [-0.05, 0) is 25.0 Å². The summed E-state index contributed by atoms with van der Waals surface area (Å²) in [5, 5.41) is 2.50. The fourth-order valence-corrected chi connectivity index (χ4v) is 5.28. The van der Waals surface area contributed by atoms with Gasteiger partial charge in [0, 0.05) is 27.9 Å². The zero-order valence-electron chi connectivity index (χ0n) is 20.5. The Morgan fingerprint density at radius 2 is 1.25 bits per heavy atom. The summed E-state index contributed by atoms with van der Waals surface area (Å²) in [5.41, 5.74) is 3.26. The molecule has 2 nitrogen and oxygen atoms in total. The minimum Gasteiger partial charge on any atom is -0.337 e. The highest BCUT2D eigenvalue weighted by molar-refractivity contribution is 6.12. The Bertz CT molecular complexity index is 938. The predicted molar refractivity (Wildman–Crippen MR) is 140 cm³/mol. The van der Waals surface area contributed by atoms with Crippen molar-refractivity contribution in [3.05, 3.63) is 48.0 Å². The molecule has 0 aliphatic carbocycles. The molecular formula is C30H43NO. The van der Waals surface area contributed by atoms with Crippen molar-refractivity contribution in [3.8, 4) is 0 Å². The van der Waals surface area contributed by atoms with Gasteiger partial charge in [-0.2, -0.15) is 0 Å². The van der Waals surface area contributed by atoms with E-state index in [1.807, 2.05) is 12.1 Å². The van der Waals surface area contributed by atoms with E-state index in [1.54, 1.807) is 0 Å². The maximum Gasteiger partial charge on any atom is 0.152 e. The molecule has 0 fully saturated rings. The number of hydrogen-bond donors (Lipinski definition) is 0. The number of hydrogen-bond acceptors (Lipinski definition) is 1. The quantitative estimate of drug-likeness (QED) is 0.163. The molecular weight excluding hydrogens is 390 g/mol. The van der Waals surface area contributed by atoms with E-state index in [1.165, 1.54) is 106 Å². The second-order valence-corrected chi connectivity index (χ2v) is 9.52. The fourth-order valence-electron chi connectivity index (χ4n) is 5.28. The van der Waals surface area contributed by atoms with E-state index < -0.39 is 0 Å². The summed E-state index contributed by atoms with van der Waals surface area (Å²) in [5.74, 6) is 0. The van der Waals surface area contributed by atoms with E-state index >= 15 is 0 Å². The van der Waals surface area contributed by atoms with E-state index in [2.05, 4.69) is 48.7 Å². The van der Waals surface area contributed by atoms with Gasteiger partial charge in [-0.1, -0.05) is 121 Å². The van der Waals surface area contributed by atoms with E-state index in [9.17, 15) is 4.79 Å². The zero-order valence-corrected chi connectivity index (χ0v) is 20.5. The lowest BCUT2D eigenvalue weighted by atomic mass is 9.99. The van der Waals surface area contributed by atoms with Gasteiger partial charge in [0.05, 0.1) is 5.52 Å². The molecule has 174 valence electrons. The minimum atomic E-state index is 0.468. The molecule has 0 atom stereocenters. The SMILES string of the molecule is CCCCCCCCC(CCCCCCCC)n1c2ccccc2c2cccc(C=O)c21. The van der Waals surface area contributed by atoms with Gasteiger partial charge in [0.1, 0.15) is 0 Å². The van der Waals surface area contributed by atoms with Gasteiger partial charge in [-0.15, -0.1) is 0 Å². The topological polar surface area (TPSA) is 22.0 Å². The minimum absolute atomic E-state index is 0.468. The summed E-state index contributed by atoms with van der Waals surface area (Å²) < 4.78 is 2.53. The van der Waals surface area contributed by atoms with Crippen LogP contribution >= 0.6 is 0 Å². The summed E-state index contributed by atoms with van der Waals surface area (Å²) in [4.78, 5) is 12.0. The highest BCUT2D eigenvalue weighted by atomic mass is 16.1. The summed E-state index contributed by atoms with van der Waals surface area (Å²) in [6, 6.07) is 15.4. The first-order valence-electron chi connectivity index (χ1n) is 13.3. The van der Waals surface area contributed by atoms with Crippen LogP contribution in [0.3, 0.4) is 0 Å². The van der Waals surface area contributed by atoms with Crippen LogP contribution in [0.25, 0.3) is 21.8 Å². The highest BCUT2D eigenvalue weighted by Gasteiger charge is 2.20. The van der Waals surface area contributed by atoms with E-state index in [-0.39, 0.29) is 0 Å². The van der Waals surface area contributed by atoms with Crippen LogP contribution in [0.2, 0.25) is 0 Å². The van der Waals surface area contributed by atoms with E-state index in [0.717, 1.165) is 17.4 Å². The van der Waals surface area contributed by atoms with Gasteiger partial charge in [0.2, 0.25) is 0 Å². The average Bonchev–Trinajstić information content (AvgIpc) is 3.16. The second kappa shape index (κ2) is 13.5. The molecule has 0 saturated heterocycles. The third kappa shape index (κ3) is 6.24. The average molecular weight is 434 g/mol. The number of para-hydroxylation sites is 2. The van der Waals surface area contributed by atoms with Gasteiger partial charge in [-0.25, -0.2) is 0 Å². The summed E-state index contributed by atoms with van der Waals surface area (Å²) in [7, 11) is 0. The van der Waals surface area contributed by atoms with Crippen LogP contribution in [0, 0.1) is 0 Å². The van der Waals surface area contributed by atoms with Gasteiger partial charge in [0.15, 0.2) is 6.29 Å². The molecule has 32 heavy (non-hydrogen) atoms. The molecule has 1 heterocycles. The van der Waals surface area contributed by atoms with Crippen molar-refractivity contribution in [2.75, 3.05) is 0 Å². The standard InChI is InChI=1S/C30H43NO/c1-3-5-7-9-11-13-19-26(20-14-12-10-8-6-4-2)31-29-23-16-15-21-27(29)28-22-17-18-25(24-32)30(28)31/h15-18,21-24,26H,3-14,19-20H2,1-2H3. The first-order chi connectivity index (χ1) is 15.8. The Hall–Kier alpha value is -2.09. The first kappa shape index (κ1) is 24.6. The number of fused-ring (bicyclic) bond motifs is 3. The summed E-state index contributed by atoms with van der Waals surface area (Å²) in [6.45, 7) is 4.56. The normalized spacial score (nSPS) is 11.7. The van der Waals surface area contributed by atoms with Gasteiger partial charge >= 0.3 is 0 Å². The summed E-state index contributed by atoms with van der Waals surface area (Å²) in [6.07, 6.45) is 19.4. The van der Waals surface area contributed by atoms with Crippen molar-refractivity contribution >= 4 is 28.1 Å². The molecule has 1 aromatic heterocycles. The Labute approximate surface area is 195 Å². The number of nitrogens with zero attached hydrogens (tertiary/aromatic N) is 1. The number of rotatable bonds is 16. The van der Waals surface area contributed by atoms with Crippen LogP contribution in [-0.2, 0) is 0 Å². The molecule has 0 bridgehead atoms. The Balaban J connectivity index is 1.85. The molecule has 0 amide bonds. The smallest absolute Gasteiger partial charge is 0.152 e. The number of carbonyl (C=O) groups is 1. The number of benzene rings is 2. The highest BCUT2D eigenvalue weighted by Crippen LogP contribution is 2.37. The predicted octanol–water partition coefficient (Wildman–Crippen LogP) is 9.65. The first-order valence-corrected chi connectivity index (χ1v) is 13.3. The lowest BCUT2D eigenvalue weighted by molar-refractivity contribution is 0.112. The summed E-state index contributed by atoms with van der Waals surface area (Å²) >= 11 is 0. The monoisotopic (exact) mass is 433 g/mol. The molecule has 0 radical (unpaired) electrons. The molecule has 0 aliphatic rings. The molecule has 0 N–H and O–H groups in total. The van der Waals surface area contributed by atoms with Crippen LogP contribution in [0.1, 0.15) is 120 Å². The van der Waals surface area contributed by atoms with Crippen LogP contribution in [0.4, 0.5) is 0 Å². The number of aldehydes is 1. The fraction of sp³-hybridized carbons (Fsp3) is 0.567. The van der Waals surface area contributed by atoms with Crippen LogP contribution in [0.5, 0.6) is 0 Å². The van der Waals surface area contributed by atoms with Crippen molar-refractivity contribution in [2.24, 2.45) is 0 Å². The third-order valence-corrected chi connectivity index (χ3v) is 7.04. The number of aromatic nitrogens is 1. The second-order valence-electron chi connectivity index (χ2n) is 9.52. The molecule has 0 saturated carbocycles. The van der Waals surface area contributed by atoms with Crippen LogP contribution < -0.4 is 0 Å². The van der Waals surface area contributed by atoms with E-state index in [0.29, 0.717) is 6.04 Å². The molecule has 0 aliphatic heterocycles. The van der Waals surface area contributed by atoms with Crippen molar-refractivity contribution < 1.29 is 4.79 Å². The lowest BCUT2D eigenvalue weighted by Crippen LogP contribution is -2.10. The molecule has 0 spiro atoms. The number of unbranched alkanes of at least 4 members (excludes halogenated alkanes) is 10. The molecule has 3 rings (SSSR count). The van der Waals surface area contributed by atoms with Crippen molar-refractivity contribution in [1.29, 1.82) is 0 Å². The van der Waals surface area contributed by atoms with Crippen LogP contribution in [0.15, 0.2) is 42.5 Å². The van der Waals surface area contributed by atoms with Crippen molar-refractivity contribution in [3.63, 3.8) is 0 Å². The Morgan fingerprint density at radius 1 is 0.688 bits per heavy atom. The molecule has 0 unspecified atom stereocenters. The maximum absolute atomic E-state index is 12.0. The number of carbonyl (C=O) groups excluding carboxylic acids is 1. The van der Waals surface area contributed by atoms with Gasteiger partial charge < -0.3 is 4.57 Å². The Morgan fingerprint density at radius 3 is 1.88 bits per heavy atom. The van der Waals surface area contributed by atoms with Crippen LogP contribution in [-0.4, -0.2) is 10.9 Å². The largest absolute Gasteiger partial charge is 0.337 e. The van der Waals surface area contributed by atoms with Gasteiger partial charge in [-0.3, -0.25) is 4.79 Å². The molecule has 2 heteroatoms. The Kier molecular flexibility index (Phi) is 10.3. The maximum atomic E-state index is 12.0. The third-order valence-electron chi connectivity index (χ3n) is 7.04. The zero-order chi connectivity index (χ0) is 22.6. The van der Waals surface area contributed by atoms with Gasteiger partial charge in [0.25, 0.3) is 0 Å². The molecule has 2 aromatic carbocycles. The molecule has 3 aromatic rings. The van der Waals surface area contributed by atoms with Crippen molar-refractivity contribution in [1.82, 2.24) is 4.57 Å². The van der Waals surface area contributed by atoms with E-state index in [4.69, 9.17) is 0 Å².